The first kappa shape index (κ1) is 12.7. The summed E-state index contributed by atoms with van der Waals surface area (Å²) in [6.45, 7) is 3.88. The van der Waals surface area contributed by atoms with Gasteiger partial charge in [-0.15, -0.1) is 0 Å². The maximum Gasteiger partial charge on any atom is 0.0122 e. The van der Waals surface area contributed by atoms with Gasteiger partial charge in [0.05, 0.1) is 0 Å². The third kappa shape index (κ3) is 3.94. The van der Waals surface area contributed by atoms with Crippen molar-refractivity contribution < 1.29 is 0 Å². The van der Waals surface area contributed by atoms with E-state index in [-0.39, 0.29) is 0 Å². The largest absolute Gasteiger partial charge is 0.0980 e. The fourth-order valence-corrected chi connectivity index (χ4v) is 2.44. The van der Waals surface area contributed by atoms with Crippen LogP contribution in [0.4, 0.5) is 0 Å². The van der Waals surface area contributed by atoms with Crippen molar-refractivity contribution in [3.05, 3.63) is 89.9 Å². The lowest BCUT2D eigenvalue weighted by Gasteiger charge is -2.02. The van der Waals surface area contributed by atoms with Gasteiger partial charge in [0.1, 0.15) is 0 Å². The molecule has 2 aromatic carbocycles. The smallest absolute Gasteiger partial charge is 0.0122 e. The van der Waals surface area contributed by atoms with E-state index in [1.165, 1.54) is 15.4 Å². The van der Waals surface area contributed by atoms with Crippen LogP contribution in [-0.4, -0.2) is 0 Å². The van der Waals surface area contributed by atoms with Gasteiger partial charge in [-0.2, -0.15) is 0 Å². The Bertz CT molecular complexity index is 512. The lowest BCUT2D eigenvalue weighted by atomic mass is 10.1. The number of allylic oxidation sites excluding steroid dienone is 2. The summed E-state index contributed by atoms with van der Waals surface area (Å²) in [7, 11) is 0. The summed E-state index contributed by atoms with van der Waals surface area (Å²) in [5.41, 5.74) is 1.32. The highest BCUT2D eigenvalue weighted by atomic mass is 32.2. The minimum absolute atomic E-state index is 0.946. The van der Waals surface area contributed by atoms with Crippen molar-refractivity contribution in [3.8, 4) is 0 Å². The minimum atomic E-state index is 0.946. The Labute approximate surface area is 113 Å². The predicted molar refractivity (Wildman–Crippen MR) is 80.7 cm³/mol. The maximum atomic E-state index is 3.88. The molecule has 0 amide bonds. The van der Waals surface area contributed by atoms with Crippen LogP contribution in [0.2, 0.25) is 0 Å². The molecular formula is C17H16S. The zero-order chi connectivity index (χ0) is 12.6. The molecule has 0 nitrogen and oxygen atoms in total. The molecule has 18 heavy (non-hydrogen) atoms. The van der Waals surface area contributed by atoms with Gasteiger partial charge in [-0.25, -0.2) is 0 Å². The second-order valence-electron chi connectivity index (χ2n) is 3.92. The van der Waals surface area contributed by atoms with Gasteiger partial charge >= 0.3 is 0 Å². The molecule has 0 radical (unpaired) electrons. The van der Waals surface area contributed by atoms with Crippen LogP contribution in [0.1, 0.15) is 5.56 Å². The fraction of sp³-hybridized carbons (Fsp3) is 0.0588. The summed E-state index contributed by atoms with van der Waals surface area (Å²) in [4.78, 5) is 2.45. The van der Waals surface area contributed by atoms with Crippen molar-refractivity contribution >= 4 is 11.8 Å². The van der Waals surface area contributed by atoms with Gasteiger partial charge in [0, 0.05) is 9.80 Å². The van der Waals surface area contributed by atoms with E-state index in [9.17, 15) is 0 Å². The predicted octanol–water partition coefficient (Wildman–Crippen LogP) is 5.09. The minimum Gasteiger partial charge on any atom is -0.0980 e. The monoisotopic (exact) mass is 252 g/mol. The van der Waals surface area contributed by atoms with E-state index in [1.54, 1.807) is 11.8 Å². The van der Waals surface area contributed by atoms with E-state index in [4.69, 9.17) is 0 Å². The lowest BCUT2D eigenvalue weighted by molar-refractivity contribution is 1.27. The number of hydrogen-bond acceptors (Lipinski definition) is 1. The molecule has 90 valence electrons. The molecule has 2 aromatic rings. The molecule has 2 rings (SSSR count). The Morgan fingerprint density at radius 1 is 0.944 bits per heavy atom. The summed E-state index contributed by atoms with van der Waals surface area (Å²) in [6, 6.07) is 20.8. The van der Waals surface area contributed by atoms with E-state index in [0.717, 1.165) is 6.42 Å². The van der Waals surface area contributed by atoms with Gasteiger partial charge in [0.2, 0.25) is 0 Å². The molecular weight excluding hydrogens is 236 g/mol. The molecule has 0 aliphatic carbocycles. The number of benzene rings is 2. The molecule has 0 heterocycles. The first-order chi connectivity index (χ1) is 8.88. The third-order valence-corrected chi connectivity index (χ3v) is 3.64. The van der Waals surface area contributed by atoms with E-state index < -0.39 is 0 Å². The van der Waals surface area contributed by atoms with E-state index in [2.05, 4.69) is 61.2 Å². The Hall–Kier alpha value is -1.73. The SMILES string of the molecule is C=C/C(=C/Cc1ccccc1)Sc1ccccc1. The molecule has 0 unspecified atom stereocenters. The van der Waals surface area contributed by atoms with Crippen LogP contribution >= 0.6 is 11.8 Å². The topological polar surface area (TPSA) is 0 Å². The summed E-state index contributed by atoms with van der Waals surface area (Å²) in [5.74, 6) is 0. The molecule has 0 aliphatic rings. The van der Waals surface area contributed by atoms with Gasteiger partial charge < -0.3 is 0 Å². The first-order valence-corrected chi connectivity index (χ1v) is 6.79. The van der Waals surface area contributed by atoms with E-state index in [1.807, 2.05) is 18.2 Å². The molecule has 0 atom stereocenters. The molecule has 0 spiro atoms. The van der Waals surface area contributed by atoms with Gasteiger partial charge in [-0.05, 0) is 24.1 Å². The highest BCUT2D eigenvalue weighted by Gasteiger charge is 1.96. The summed E-state index contributed by atoms with van der Waals surface area (Å²) < 4.78 is 0. The molecule has 0 aromatic heterocycles. The Morgan fingerprint density at radius 3 is 2.17 bits per heavy atom. The van der Waals surface area contributed by atoms with Crippen LogP contribution in [0.15, 0.2) is 89.2 Å². The quantitative estimate of drug-likeness (QED) is 0.527. The maximum absolute atomic E-state index is 3.88. The zero-order valence-electron chi connectivity index (χ0n) is 10.3. The van der Waals surface area contributed by atoms with Crippen LogP contribution < -0.4 is 0 Å². The second-order valence-corrected chi connectivity index (χ2v) is 5.06. The molecule has 1 heteroatoms. The number of hydrogen-bond donors (Lipinski definition) is 0. The van der Waals surface area contributed by atoms with Crippen LogP contribution in [0.3, 0.4) is 0 Å². The van der Waals surface area contributed by atoms with Gasteiger partial charge in [0.15, 0.2) is 0 Å². The normalized spacial score (nSPS) is 11.2. The van der Waals surface area contributed by atoms with Crippen LogP contribution in [0.25, 0.3) is 0 Å². The fourth-order valence-electron chi connectivity index (χ4n) is 1.62. The van der Waals surface area contributed by atoms with Gasteiger partial charge in [-0.3, -0.25) is 0 Å². The van der Waals surface area contributed by atoms with Gasteiger partial charge in [-0.1, -0.05) is 79.0 Å². The van der Waals surface area contributed by atoms with Crippen molar-refractivity contribution in [1.82, 2.24) is 0 Å². The molecule has 0 aliphatic heterocycles. The average Bonchev–Trinajstić information content (AvgIpc) is 2.45. The Balaban J connectivity index is 2.03. The summed E-state index contributed by atoms with van der Waals surface area (Å²) in [6.07, 6.45) is 5.09. The van der Waals surface area contributed by atoms with Crippen molar-refractivity contribution in [2.45, 2.75) is 11.3 Å². The molecule has 0 N–H and O–H groups in total. The Kier molecular flexibility index (Phi) is 4.86. The molecule has 0 saturated carbocycles. The molecule has 0 saturated heterocycles. The van der Waals surface area contributed by atoms with Gasteiger partial charge in [0.25, 0.3) is 0 Å². The van der Waals surface area contributed by atoms with Crippen molar-refractivity contribution in [3.63, 3.8) is 0 Å². The number of rotatable bonds is 5. The van der Waals surface area contributed by atoms with E-state index >= 15 is 0 Å². The standard InChI is InChI=1S/C17H16S/c1-2-16(18-17-11-7-4-8-12-17)14-13-15-9-5-3-6-10-15/h2-12,14H,1,13H2/b16-14-. The first-order valence-electron chi connectivity index (χ1n) is 5.98. The van der Waals surface area contributed by atoms with Crippen LogP contribution in [-0.2, 0) is 6.42 Å². The van der Waals surface area contributed by atoms with Crippen molar-refractivity contribution in [2.75, 3.05) is 0 Å². The van der Waals surface area contributed by atoms with Crippen LogP contribution in [0, 0.1) is 0 Å². The molecule has 0 fully saturated rings. The van der Waals surface area contributed by atoms with E-state index in [0.29, 0.717) is 0 Å². The van der Waals surface area contributed by atoms with Crippen LogP contribution in [0.5, 0.6) is 0 Å². The number of thioether (sulfide) groups is 1. The summed E-state index contributed by atoms with van der Waals surface area (Å²) >= 11 is 1.75. The van der Waals surface area contributed by atoms with Crippen molar-refractivity contribution in [1.29, 1.82) is 0 Å². The average molecular weight is 252 g/mol. The summed E-state index contributed by atoms with van der Waals surface area (Å²) in [5, 5.41) is 0. The van der Waals surface area contributed by atoms with Crippen molar-refractivity contribution in [2.24, 2.45) is 0 Å². The highest BCUT2D eigenvalue weighted by Crippen LogP contribution is 2.27. The second kappa shape index (κ2) is 6.87. The Morgan fingerprint density at radius 2 is 1.56 bits per heavy atom. The molecule has 0 bridgehead atoms. The lowest BCUT2D eigenvalue weighted by Crippen LogP contribution is -1.81. The zero-order valence-corrected chi connectivity index (χ0v) is 11.1. The highest BCUT2D eigenvalue weighted by molar-refractivity contribution is 8.03. The third-order valence-electron chi connectivity index (χ3n) is 2.56.